The Morgan fingerprint density at radius 3 is 2.92 bits per heavy atom. The zero-order valence-corrected chi connectivity index (χ0v) is 14.9. The Balaban J connectivity index is 1.63. The molecule has 1 fully saturated rings. The number of nitrogens with zero attached hydrogens (tertiary/aromatic N) is 3. The monoisotopic (exact) mass is 358 g/mol. The molecule has 1 aliphatic carbocycles. The van der Waals surface area contributed by atoms with Crippen molar-refractivity contribution in [2.24, 2.45) is 5.92 Å². The summed E-state index contributed by atoms with van der Waals surface area (Å²) in [7, 11) is 0. The summed E-state index contributed by atoms with van der Waals surface area (Å²) in [6.07, 6.45) is 13.1. The Hall–Kier alpha value is -2.28. The molecule has 0 spiro atoms. The number of hydrogen-bond acceptors (Lipinski definition) is 6. The molecule has 2 aromatic rings. The van der Waals surface area contributed by atoms with Crippen LogP contribution in [-0.4, -0.2) is 26.2 Å². The third-order valence-electron chi connectivity index (χ3n) is 5.16. The number of carbonyl (C=O) groups is 1. The van der Waals surface area contributed by atoms with Gasteiger partial charge in [0.15, 0.2) is 5.82 Å². The predicted molar refractivity (Wildman–Crippen MR) is 95.2 cm³/mol. The summed E-state index contributed by atoms with van der Waals surface area (Å²) in [5.74, 6) is 1.11. The first kappa shape index (κ1) is 18.5. The molecule has 0 unspecified atom stereocenters. The van der Waals surface area contributed by atoms with Gasteiger partial charge in [0.25, 0.3) is 5.89 Å². The van der Waals surface area contributed by atoms with Gasteiger partial charge in [0.1, 0.15) is 0 Å². The molecule has 3 rings (SSSR count). The first-order chi connectivity index (χ1) is 12.8. The summed E-state index contributed by atoms with van der Waals surface area (Å²) in [5, 5.41) is 12.9. The molecule has 1 atom stereocenters. The van der Waals surface area contributed by atoms with E-state index in [2.05, 4.69) is 15.1 Å². The number of rotatable bonds is 8. The molecule has 1 saturated carbocycles. The quantitative estimate of drug-likeness (QED) is 0.549. The average Bonchev–Trinajstić information content (AvgIpc) is 3.19. The van der Waals surface area contributed by atoms with Crippen molar-refractivity contribution in [1.29, 1.82) is 0 Å². The van der Waals surface area contributed by atoms with Gasteiger partial charge in [-0.3, -0.25) is 15.0 Å². The lowest BCUT2D eigenvalue weighted by Crippen LogP contribution is -2.21. The molecule has 140 valence electrons. The minimum atomic E-state index is -0.430. The highest BCUT2D eigenvalue weighted by molar-refractivity contribution is 5.75. The van der Waals surface area contributed by atoms with Crippen LogP contribution in [-0.2, 0) is 4.79 Å². The number of aromatic nitrogens is 3. The first-order valence-corrected chi connectivity index (χ1v) is 9.43. The Labute approximate surface area is 153 Å². The second-order valence-electron chi connectivity index (χ2n) is 7.07. The van der Waals surface area contributed by atoms with Crippen molar-refractivity contribution in [3.63, 3.8) is 0 Å². The van der Waals surface area contributed by atoms with Crippen molar-refractivity contribution in [1.82, 2.24) is 20.6 Å². The van der Waals surface area contributed by atoms with Crippen LogP contribution < -0.4 is 5.48 Å². The van der Waals surface area contributed by atoms with Crippen LogP contribution in [0.25, 0.3) is 11.5 Å². The fourth-order valence-corrected chi connectivity index (χ4v) is 3.73. The molecule has 1 aliphatic rings. The Bertz CT molecular complexity index is 683. The van der Waals surface area contributed by atoms with Crippen molar-refractivity contribution in [3.05, 3.63) is 30.4 Å². The van der Waals surface area contributed by atoms with Crippen molar-refractivity contribution in [2.45, 2.75) is 63.7 Å². The second-order valence-corrected chi connectivity index (χ2v) is 7.07. The number of pyridine rings is 1. The smallest absolute Gasteiger partial charge is 0.259 e. The molecule has 0 aliphatic heterocycles. The first-order valence-electron chi connectivity index (χ1n) is 9.43. The minimum Gasteiger partial charge on any atom is -0.334 e. The molecular formula is C19H26N4O3. The van der Waals surface area contributed by atoms with E-state index >= 15 is 0 Å². The van der Waals surface area contributed by atoms with Crippen LogP contribution in [0.1, 0.15) is 69.5 Å². The van der Waals surface area contributed by atoms with Gasteiger partial charge in [0.05, 0.1) is 5.56 Å². The molecule has 0 saturated heterocycles. The fraction of sp³-hybridized carbons (Fsp3) is 0.579. The topological polar surface area (TPSA) is 101 Å². The van der Waals surface area contributed by atoms with Crippen molar-refractivity contribution in [3.8, 4) is 11.5 Å². The van der Waals surface area contributed by atoms with E-state index in [-0.39, 0.29) is 12.3 Å². The zero-order valence-electron chi connectivity index (χ0n) is 14.9. The van der Waals surface area contributed by atoms with E-state index in [0.29, 0.717) is 11.7 Å². The van der Waals surface area contributed by atoms with Crippen LogP contribution in [0.2, 0.25) is 0 Å². The van der Waals surface area contributed by atoms with Crippen LogP contribution in [0.5, 0.6) is 0 Å². The minimum absolute atomic E-state index is 0.146. The SMILES string of the molecule is O=C(C[C@@H](CCCC1CCCCC1)c1noc(-c2cccnc2)n1)NO. The van der Waals surface area contributed by atoms with Gasteiger partial charge in [0, 0.05) is 24.7 Å². The summed E-state index contributed by atoms with van der Waals surface area (Å²) >= 11 is 0. The van der Waals surface area contributed by atoms with Crippen LogP contribution in [0.3, 0.4) is 0 Å². The highest BCUT2D eigenvalue weighted by Crippen LogP contribution is 2.31. The molecule has 26 heavy (non-hydrogen) atoms. The highest BCUT2D eigenvalue weighted by Gasteiger charge is 2.23. The van der Waals surface area contributed by atoms with Crippen LogP contribution in [0, 0.1) is 5.92 Å². The maximum absolute atomic E-state index is 11.7. The van der Waals surface area contributed by atoms with Crippen molar-refractivity contribution in [2.75, 3.05) is 0 Å². The summed E-state index contributed by atoms with van der Waals surface area (Å²) in [5.41, 5.74) is 2.46. The third-order valence-corrected chi connectivity index (χ3v) is 5.16. The lowest BCUT2D eigenvalue weighted by atomic mass is 9.84. The lowest BCUT2D eigenvalue weighted by Gasteiger charge is -2.22. The predicted octanol–water partition coefficient (Wildman–Crippen LogP) is 3.86. The van der Waals surface area contributed by atoms with E-state index in [9.17, 15) is 4.79 Å². The van der Waals surface area contributed by atoms with E-state index in [4.69, 9.17) is 9.73 Å². The molecule has 2 aromatic heterocycles. The number of nitrogens with one attached hydrogen (secondary N) is 1. The van der Waals surface area contributed by atoms with Gasteiger partial charge in [0.2, 0.25) is 5.91 Å². The molecule has 7 nitrogen and oxygen atoms in total. The van der Waals surface area contributed by atoms with Gasteiger partial charge in [-0.25, -0.2) is 5.48 Å². The maximum Gasteiger partial charge on any atom is 0.259 e. The summed E-state index contributed by atoms with van der Waals surface area (Å²) in [4.78, 5) is 20.2. The van der Waals surface area contributed by atoms with Gasteiger partial charge >= 0.3 is 0 Å². The Morgan fingerprint density at radius 2 is 2.19 bits per heavy atom. The van der Waals surface area contributed by atoms with Crippen LogP contribution >= 0.6 is 0 Å². The van der Waals surface area contributed by atoms with E-state index in [1.807, 2.05) is 6.07 Å². The number of amides is 1. The largest absolute Gasteiger partial charge is 0.334 e. The van der Waals surface area contributed by atoms with E-state index in [0.717, 1.165) is 24.3 Å². The third kappa shape index (κ3) is 5.11. The van der Waals surface area contributed by atoms with Crippen molar-refractivity contribution >= 4 is 5.91 Å². The summed E-state index contributed by atoms with van der Waals surface area (Å²) in [6, 6.07) is 3.66. The van der Waals surface area contributed by atoms with E-state index in [1.54, 1.807) is 23.9 Å². The molecule has 2 N–H and O–H groups in total. The fourth-order valence-electron chi connectivity index (χ4n) is 3.73. The molecular weight excluding hydrogens is 332 g/mol. The second kappa shape index (κ2) is 9.43. The van der Waals surface area contributed by atoms with Gasteiger partial charge in [-0.15, -0.1) is 0 Å². The Morgan fingerprint density at radius 1 is 1.35 bits per heavy atom. The number of hydrogen-bond donors (Lipinski definition) is 2. The Kier molecular flexibility index (Phi) is 6.71. The molecule has 2 heterocycles. The molecule has 1 amide bonds. The van der Waals surface area contributed by atoms with Crippen LogP contribution in [0.4, 0.5) is 0 Å². The van der Waals surface area contributed by atoms with Crippen LogP contribution in [0.15, 0.2) is 29.0 Å². The lowest BCUT2D eigenvalue weighted by molar-refractivity contribution is -0.129. The number of carbonyl (C=O) groups excluding carboxylic acids is 1. The standard InChI is InChI=1S/C19H26N4O3/c24-17(22-25)12-15(9-4-8-14-6-2-1-3-7-14)18-21-19(26-23-18)16-10-5-11-20-13-16/h5,10-11,13-15,25H,1-4,6-9,12H2,(H,22,24)/t15-/m1/s1. The summed E-state index contributed by atoms with van der Waals surface area (Å²) in [6.45, 7) is 0. The van der Waals surface area contributed by atoms with Gasteiger partial charge in [-0.2, -0.15) is 4.98 Å². The number of hydroxylamine groups is 1. The van der Waals surface area contributed by atoms with Gasteiger partial charge < -0.3 is 4.52 Å². The van der Waals surface area contributed by atoms with E-state index < -0.39 is 5.91 Å². The summed E-state index contributed by atoms with van der Waals surface area (Å²) < 4.78 is 5.35. The molecule has 0 aromatic carbocycles. The molecule has 7 heteroatoms. The van der Waals surface area contributed by atoms with Gasteiger partial charge in [-0.1, -0.05) is 50.1 Å². The molecule has 0 radical (unpaired) electrons. The zero-order chi connectivity index (χ0) is 18.2. The molecule has 0 bridgehead atoms. The maximum atomic E-state index is 11.7. The van der Waals surface area contributed by atoms with E-state index in [1.165, 1.54) is 38.5 Å². The van der Waals surface area contributed by atoms with Gasteiger partial charge in [-0.05, 0) is 24.5 Å². The van der Waals surface area contributed by atoms with Crippen molar-refractivity contribution < 1.29 is 14.5 Å². The highest BCUT2D eigenvalue weighted by atomic mass is 16.5. The average molecular weight is 358 g/mol. The normalized spacial score (nSPS) is 16.3.